The smallest absolute Gasteiger partial charge is 0.411 e. The number of aliphatic carboxylic acids is 1. The summed E-state index contributed by atoms with van der Waals surface area (Å²) < 4.78 is 6.34. The van der Waals surface area contributed by atoms with Crippen molar-refractivity contribution in [3.63, 3.8) is 0 Å². The fourth-order valence-corrected chi connectivity index (χ4v) is 7.12. The van der Waals surface area contributed by atoms with E-state index in [2.05, 4.69) is 29.6 Å². The molecule has 1 amide bonds. The Morgan fingerprint density at radius 2 is 1.15 bits per heavy atom. The molecule has 47 heavy (non-hydrogen) atoms. The van der Waals surface area contributed by atoms with Crippen LogP contribution in [0.25, 0.3) is 11.1 Å². The number of unbranched alkanes of at least 4 members (excludes halogenated alkanes) is 1. The number of nitrogens with zero attached hydrogens (tertiary/aromatic N) is 1. The maximum absolute atomic E-state index is 15.0. The molecule has 0 fully saturated rings. The Morgan fingerprint density at radius 3 is 1.60 bits per heavy atom. The van der Waals surface area contributed by atoms with Crippen molar-refractivity contribution in [2.24, 2.45) is 0 Å². The molecule has 0 aromatic heterocycles. The maximum atomic E-state index is 15.0. The molecule has 0 spiro atoms. The number of amides is 1. The maximum Gasteiger partial charge on any atom is 0.411 e. The van der Waals surface area contributed by atoms with Gasteiger partial charge in [0.2, 0.25) is 0 Å². The number of ether oxygens (including phenoxy) is 1. The normalized spacial score (nSPS) is 13.0. The summed E-state index contributed by atoms with van der Waals surface area (Å²) in [5, 5.41) is 14.1. The van der Waals surface area contributed by atoms with E-state index >= 15 is 0 Å². The first-order chi connectivity index (χ1) is 23.1. The SMILES string of the molecule is CNCCCC[C@H](C(=O)O)N(C(=O)OCC1c2ccccc2-c2ccccc21)C(c1ccccc1)(c1ccccc1)c1ccccc1. The third-order valence-corrected chi connectivity index (χ3v) is 9.22. The van der Waals surface area contributed by atoms with Crippen LogP contribution in [0.15, 0.2) is 140 Å². The predicted octanol–water partition coefficient (Wildman–Crippen LogP) is 8.07. The molecule has 6 heteroatoms. The summed E-state index contributed by atoms with van der Waals surface area (Å²) in [6.07, 6.45) is 0.965. The highest BCUT2D eigenvalue weighted by Crippen LogP contribution is 2.47. The van der Waals surface area contributed by atoms with Crippen LogP contribution in [0.5, 0.6) is 0 Å². The number of carbonyl (C=O) groups is 2. The molecule has 238 valence electrons. The van der Waals surface area contributed by atoms with Gasteiger partial charge in [-0.3, -0.25) is 4.90 Å². The van der Waals surface area contributed by atoms with E-state index in [0.717, 1.165) is 51.9 Å². The van der Waals surface area contributed by atoms with Crippen molar-refractivity contribution in [2.45, 2.75) is 36.8 Å². The molecule has 5 aromatic carbocycles. The Kier molecular flexibility index (Phi) is 9.79. The fourth-order valence-electron chi connectivity index (χ4n) is 7.12. The summed E-state index contributed by atoms with van der Waals surface area (Å²) in [5.41, 5.74) is 5.44. The van der Waals surface area contributed by atoms with Crippen LogP contribution < -0.4 is 5.32 Å². The number of carbonyl (C=O) groups excluding carboxylic acids is 1. The second kappa shape index (κ2) is 14.5. The first-order valence-corrected chi connectivity index (χ1v) is 16.3. The van der Waals surface area contributed by atoms with Gasteiger partial charge >= 0.3 is 12.1 Å². The molecule has 0 saturated carbocycles. The summed E-state index contributed by atoms with van der Waals surface area (Å²) in [6, 6.07) is 44.3. The third-order valence-electron chi connectivity index (χ3n) is 9.22. The van der Waals surface area contributed by atoms with Crippen LogP contribution in [-0.4, -0.2) is 48.3 Å². The van der Waals surface area contributed by atoms with Gasteiger partial charge in [0.1, 0.15) is 18.2 Å². The van der Waals surface area contributed by atoms with Crippen LogP contribution in [0.2, 0.25) is 0 Å². The van der Waals surface area contributed by atoms with Crippen LogP contribution in [-0.2, 0) is 15.1 Å². The summed E-state index contributed by atoms with van der Waals surface area (Å²) >= 11 is 0. The highest BCUT2D eigenvalue weighted by atomic mass is 16.6. The molecule has 0 bridgehead atoms. The van der Waals surface area contributed by atoms with Crippen molar-refractivity contribution < 1.29 is 19.4 Å². The van der Waals surface area contributed by atoms with Gasteiger partial charge in [0.25, 0.3) is 0 Å². The Morgan fingerprint density at radius 1 is 0.702 bits per heavy atom. The molecule has 1 aliphatic carbocycles. The molecule has 0 radical (unpaired) electrons. The largest absolute Gasteiger partial charge is 0.480 e. The molecular formula is C41H40N2O4. The van der Waals surface area contributed by atoms with Crippen LogP contribution in [0.4, 0.5) is 4.79 Å². The number of rotatable bonds is 13. The van der Waals surface area contributed by atoms with Gasteiger partial charge in [-0.1, -0.05) is 140 Å². The number of carboxylic acid groups (broad SMARTS) is 1. The standard InChI is InChI=1S/C41H40N2O4/c1-42-28-16-15-27-38(39(44)45)43(40(46)47-29-37-35-25-13-11-23-33(35)34-24-12-14-26-36(34)37)41(30-17-5-2-6-18-30,31-19-7-3-8-20-31)32-21-9-4-10-22-32/h2-14,17-26,37-38,42H,15-16,27-29H2,1H3,(H,44,45)/t38-/m1/s1. The zero-order valence-electron chi connectivity index (χ0n) is 26.6. The Labute approximate surface area is 276 Å². The lowest BCUT2D eigenvalue weighted by atomic mass is 9.74. The fraction of sp³-hybridized carbons (Fsp3) is 0.220. The van der Waals surface area contributed by atoms with Crippen LogP contribution in [0.3, 0.4) is 0 Å². The van der Waals surface area contributed by atoms with Crippen molar-refractivity contribution in [2.75, 3.05) is 20.2 Å². The van der Waals surface area contributed by atoms with Crippen molar-refractivity contribution in [1.29, 1.82) is 0 Å². The minimum absolute atomic E-state index is 0.0733. The van der Waals surface area contributed by atoms with E-state index in [4.69, 9.17) is 4.74 Å². The number of hydrogen-bond acceptors (Lipinski definition) is 4. The van der Waals surface area contributed by atoms with Gasteiger partial charge in [-0.25, -0.2) is 9.59 Å². The molecular weight excluding hydrogens is 584 g/mol. The minimum atomic E-state index is -1.31. The summed E-state index contributed by atoms with van der Waals surface area (Å²) in [6.45, 7) is 0.822. The Hall–Kier alpha value is -5.20. The quantitative estimate of drug-likeness (QED) is 0.102. The summed E-state index contributed by atoms with van der Waals surface area (Å²) in [7, 11) is 1.88. The van der Waals surface area contributed by atoms with Crippen molar-refractivity contribution in [3.05, 3.63) is 167 Å². The lowest BCUT2D eigenvalue weighted by Crippen LogP contribution is -2.58. The van der Waals surface area contributed by atoms with Gasteiger partial charge < -0.3 is 15.2 Å². The number of carboxylic acids is 1. The third kappa shape index (κ3) is 6.17. The average Bonchev–Trinajstić information content (AvgIpc) is 3.44. The van der Waals surface area contributed by atoms with E-state index in [1.807, 2.05) is 122 Å². The molecule has 0 unspecified atom stereocenters. The van der Waals surface area contributed by atoms with E-state index in [-0.39, 0.29) is 18.9 Å². The van der Waals surface area contributed by atoms with E-state index in [0.29, 0.717) is 6.42 Å². The minimum Gasteiger partial charge on any atom is -0.480 e. The van der Waals surface area contributed by atoms with Crippen molar-refractivity contribution >= 4 is 12.1 Å². The topological polar surface area (TPSA) is 78.9 Å². The summed E-state index contributed by atoms with van der Waals surface area (Å²) in [5.74, 6) is -1.25. The molecule has 0 saturated heterocycles. The summed E-state index contributed by atoms with van der Waals surface area (Å²) in [4.78, 5) is 29.8. The number of hydrogen-bond donors (Lipinski definition) is 2. The van der Waals surface area contributed by atoms with Gasteiger partial charge in [-0.05, 0) is 71.8 Å². The first kappa shape index (κ1) is 31.8. The Bertz CT molecular complexity index is 1650. The number of benzene rings is 5. The van der Waals surface area contributed by atoms with E-state index < -0.39 is 23.6 Å². The van der Waals surface area contributed by atoms with E-state index in [1.54, 1.807) is 0 Å². The Balaban J connectivity index is 1.51. The zero-order valence-corrected chi connectivity index (χ0v) is 26.6. The second-order valence-electron chi connectivity index (χ2n) is 11.9. The second-order valence-corrected chi connectivity index (χ2v) is 11.9. The van der Waals surface area contributed by atoms with Crippen LogP contribution in [0, 0.1) is 0 Å². The highest BCUT2D eigenvalue weighted by Gasteiger charge is 2.50. The van der Waals surface area contributed by atoms with Crippen molar-refractivity contribution in [3.8, 4) is 11.1 Å². The zero-order chi connectivity index (χ0) is 32.6. The van der Waals surface area contributed by atoms with Gasteiger partial charge in [0.05, 0.1) is 0 Å². The van der Waals surface area contributed by atoms with Crippen LogP contribution in [0.1, 0.15) is 53.0 Å². The molecule has 1 aliphatic rings. The molecule has 0 heterocycles. The van der Waals surface area contributed by atoms with Gasteiger partial charge in [-0.2, -0.15) is 0 Å². The molecule has 5 aromatic rings. The molecule has 1 atom stereocenters. The van der Waals surface area contributed by atoms with Crippen LogP contribution >= 0.6 is 0 Å². The lowest BCUT2D eigenvalue weighted by molar-refractivity contribution is -0.144. The molecule has 6 nitrogen and oxygen atoms in total. The van der Waals surface area contributed by atoms with Gasteiger partial charge in [0, 0.05) is 5.92 Å². The predicted molar refractivity (Wildman–Crippen MR) is 185 cm³/mol. The molecule has 0 aliphatic heterocycles. The van der Waals surface area contributed by atoms with E-state index in [1.165, 1.54) is 4.90 Å². The lowest BCUT2D eigenvalue weighted by Gasteiger charge is -2.47. The van der Waals surface area contributed by atoms with Gasteiger partial charge in [-0.15, -0.1) is 0 Å². The monoisotopic (exact) mass is 624 g/mol. The van der Waals surface area contributed by atoms with Crippen molar-refractivity contribution in [1.82, 2.24) is 10.2 Å². The highest BCUT2D eigenvalue weighted by molar-refractivity contribution is 5.83. The molecule has 6 rings (SSSR count). The number of fused-ring (bicyclic) bond motifs is 3. The van der Waals surface area contributed by atoms with Gasteiger partial charge in [0.15, 0.2) is 0 Å². The first-order valence-electron chi connectivity index (χ1n) is 16.3. The molecule has 2 N–H and O–H groups in total. The average molecular weight is 625 g/mol. The van der Waals surface area contributed by atoms with E-state index in [9.17, 15) is 14.7 Å². The number of nitrogens with one attached hydrogen (secondary N) is 1.